The normalized spacial score (nSPS) is 10.4. The minimum Gasteiger partial charge on any atom is -0.353 e. The van der Waals surface area contributed by atoms with Crippen LogP contribution in [0.5, 0.6) is 0 Å². The summed E-state index contributed by atoms with van der Waals surface area (Å²) >= 11 is 1.48. The zero-order chi connectivity index (χ0) is 13.4. The fourth-order valence-corrected chi connectivity index (χ4v) is 2.26. The van der Waals surface area contributed by atoms with E-state index >= 15 is 0 Å². The van der Waals surface area contributed by atoms with E-state index in [0.29, 0.717) is 11.3 Å². The van der Waals surface area contributed by atoms with Gasteiger partial charge in [-0.3, -0.25) is 9.59 Å². The van der Waals surface area contributed by atoms with Crippen LogP contribution in [0.15, 0.2) is 29.2 Å². The average Bonchev–Trinajstić information content (AvgIpc) is 2.43. The molecule has 98 valence electrons. The summed E-state index contributed by atoms with van der Waals surface area (Å²) in [5, 5.41) is 2.99. The van der Waals surface area contributed by atoms with Crippen molar-refractivity contribution in [1.82, 2.24) is 5.32 Å². The summed E-state index contributed by atoms with van der Waals surface area (Å²) in [6.45, 7) is 4.14. The van der Waals surface area contributed by atoms with E-state index in [2.05, 4.69) is 19.2 Å². The molecule has 0 heterocycles. The third-order valence-electron chi connectivity index (χ3n) is 2.74. The van der Waals surface area contributed by atoms with Gasteiger partial charge in [0, 0.05) is 16.5 Å². The predicted octanol–water partition coefficient (Wildman–Crippen LogP) is 2.90. The van der Waals surface area contributed by atoms with Crippen LogP contribution in [0, 0.1) is 0 Å². The maximum absolute atomic E-state index is 11.7. The second-order valence-electron chi connectivity index (χ2n) is 4.06. The highest BCUT2D eigenvalue weighted by atomic mass is 32.2. The van der Waals surface area contributed by atoms with Crippen molar-refractivity contribution < 1.29 is 9.59 Å². The van der Waals surface area contributed by atoms with Crippen LogP contribution in [0.1, 0.15) is 37.0 Å². The van der Waals surface area contributed by atoms with E-state index < -0.39 is 0 Å². The van der Waals surface area contributed by atoms with E-state index in [1.165, 1.54) is 11.8 Å². The maximum atomic E-state index is 11.7. The molecule has 0 aliphatic rings. The van der Waals surface area contributed by atoms with Crippen molar-refractivity contribution in [3.05, 3.63) is 29.8 Å². The molecule has 1 N–H and O–H groups in total. The minimum atomic E-state index is 0.0631. The van der Waals surface area contributed by atoms with Gasteiger partial charge in [-0.1, -0.05) is 26.0 Å². The lowest BCUT2D eigenvalue weighted by atomic mass is 10.2. The van der Waals surface area contributed by atoms with Crippen LogP contribution in [0.2, 0.25) is 0 Å². The quantitative estimate of drug-likeness (QED) is 0.609. The summed E-state index contributed by atoms with van der Waals surface area (Å²) in [4.78, 5) is 23.2. The summed E-state index contributed by atoms with van der Waals surface area (Å²) in [6, 6.07) is 7.51. The summed E-state index contributed by atoms with van der Waals surface area (Å²) in [5.41, 5.74) is 0.654. The first kappa shape index (κ1) is 14.8. The third kappa shape index (κ3) is 4.92. The zero-order valence-electron chi connectivity index (χ0n) is 10.8. The molecule has 0 aliphatic carbocycles. The number of benzene rings is 1. The van der Waals surface area contributed by atoms with Crippen LogP contribution in [0.25, 0.3) is 0 Å². The van der Waals surface area contributed by atoms with Gasteiger partial charge in [-0.25, -0.2) is 0 Å². The molecule has 1 aromatic rings. The summed E-state index contributed by atoms with van der Waals surface area (Å²) in [7, 11) is 0. The number of nitrogens with one attached hydrogen (secondary N) is 1. The average molecular weight is 265 g/mol. The first-order valence-electron chi connectivity index (χ1n) is 6.17. The molecule has 1 aromatic carbocycles. The van der Waals surface area contributed by atoms with Gasteiger partial charge in [0.15, 0.2) is 0 Å². The summed E-state index contributed by atoms with van der Waals surface area (Å²) in [5.74, 6) is 0.477. The molecule has 0 unspecified atom stereocenters. The minimum absolute atomic E-state index is 0.0631. The molecule has 0 atom stereocenters. The van der Waals surface area contributed by atoms with Crippen molar-refractivity contribution in [3.8, 4) is 0 Å². The van der Waals surface area contributed by atoms with Gasteiger partial charge in [-0.2, -0.15) is 0 Å². The molecule has 0 aromatic heterocycles. The van der Waals surface area contributed by atoms with Crippen LogP contribution in [-0.4, -0.2) is 24.0 Å². The lowest BCUT2D eigenvalue weighted by Gasteiger charge is -2.14. The standard InChI is InChI=1S/C14H19NO2S/c1-3-12(4-2)15-14(17)10-18-13-7-5-11(9-16)6-8-13/h5-9,12H,3-4,10H2,1-2H3,(H,15,17). The van der Waals surface area contributed by atoms with Crippen molar-refractivity contribution in [2.24, 2.45) is 0 Å². The Morgan fingerprint density at radius 3 is 2.39 bits per heavy atom. The van der Waals surface area contributed by atoms with Crippen LogP contribution < -0.4 is 5.32 Å². The first-order valence-corrected chi connectivity index (χ1v) is 7.15. The second-order valence-corrected chi connectivity index (χ2v) is 5.11. The van der Waals surface area contributed by atoms with Crippen LogP contribution in [0.4, 0.5) is 0 Å². The Bertz CT molecular complexity index is 385. The number of aldehydes is 1. The number of hydrogen-bond donors (Lipinski definition) is 1. The van der Waals surface area contributed by atoms with E-state index in [0.717, 1.165) is 24.0 Å². The molecule has 0 aliphatic heterocycles. The Labute approximate surface area is 112 Å². The highest BCUT2D eigenvalue weighted by Gasteiger charge is 2.08. The molecule has 3 nitrogen and oxygen atoms in total. The lowest BCUT2D eigenvalue weighted by Crippen LogP contribution is -2.34. The third-order valence-corrected chi connectivity index (χ3v) is 3.75. The number of rotatable bonds is 7. The number of amides is 1. The van der Waals surface area contributed by atoms with Crippen molar-refractivity contribution >= 4 is 24.0 Å². The lowest BCUT2D eigenvalue weighted by molar-refractivity contribution is -0.119. The van der Waals surface area contributed by atoms with E-state index in [-0.39, 0.29) is 11.9 Å². The fraction of sp³-hybridized carbons (Fsp3) is 0.429. The molecule has 0 saturated heterocycles. The molecule has 0 radical (unpaired) electrons. The van der Waals surface area contributed by atoms with Crippen molar-refractivity contribution in [3.63, 3.8) is 0 Å². The number of carbonyl (C=O) groups excluding carboxylic acids is 2. The Kier molecular flexibility index (Phi) is 6.50. The van der Waals surface area contributed by atoms with Gasteiger partial charge >= 0.3 is 0 Å². The number of thioether (sulfide) groups is 1. The van der Waals surface area contributed by atoms with Crippen molar-refractivity contribution in [2.45, 2.75) is 37.6 Å². The van der Waals surface area contributed by atoms with Crippen LogP contribution >= 0.6 is 11.8 Å². The van der Waals surface area contributed by atoms with E-state index in [1.54, 1.807) is 12.1 Å². The fourth-order valence-electron chi connectivity index (χ4n) is 1.55. The monoisotopic (exact) mass is 265 g/mol. The predicted molar refractivity (Wildman–Crippen MR) is 75.1 cm³/mol. The smallest absolute Gasteiger partial charge is 0.230 e. The van der Waals surface area contributed by atoms with E-state index in [9.17, 15) is 9.59 Å². The van der Waals surface area contributed by atoms with Crippen molar-refractivity contribution in [2.75, 3.05) is 5.75 Å². The maximum Gasteiger partial charge on any atom is 0.230 e. The van der Waals surface area contributed by atoms with Gasteiger partial charge in [0.2, 0.25) is 5.91 Å². The van der Waals surface area contributed by atoms with Gasteiger partial charge in [0.25, 0.3) is 0 Å². The van der Waals surface area contributed by atoms with E-state index in [4.69, 9.17) is 0 Å². The highest BCUT2D eigenvalue weighted by Crippen LogP contribution is 2.17. The van der Waals surface area contributed by atoms with Gasteiger partial charge in [-0.05, 0) is 25.0 Å². The Morgan fingerprint density at radius 1 is 1.28 bits per heavy atom. The zero-order valence-corrected chi connectivity index (χ0v) is 11.6. The van der Waals surface area contributed by atoms with Crippen LogP contribution in [0.3, 0.4) is 0 Å². The molecular formula is C14H19NO2S. The summed E-state index contributed by atoms with van der Waals surface area (Å²) < 4.78 is 0. The largest absolute Gasteiger partial charge is 0.353 e. The molecule has 0 fully saturated rings. The van der Waals surface area contributed by atoms with Gasteiger partial charge in [-0.15, -0.1) is 11.8 Å². The molecule has 1 amide bonds. The molecule has 0 spiro atoms. The number of hydrogen-bond acceptors (Lipinski definition) is 3. The van der Waals surface area contributed by atoms with Crippen LogP contribution in [-0.2, 0) is 4.79 Å². The molecular weight excluding hydrogens is 246 g/mol. The second kappa shape index (κ2) is 7.93. The van der Waals surface area contributed by atoms with Gasteiger partial charge in [0.05, 0.1) is 5.75 Å². The van der Waals surface area contributed by atoms with E-state index in [1.807, 2.05) is 12.1 Å². The van der Waals surface area contributed by atoms with Crippen molar-refractivity contribution in [1.29, 1.82) is 0 Å². The highest BCUT2D eigenvalue weighted by molar-refractivity contribution is 8.00. The van der Waals surface area contributed by atoms with Gasteiger partial charge in [0.1, 0.15) is 6.29 Å². The molecule has 0 saturated carbocycles. The summed E-state index contributed by atoms with van der Waals surface area (Å²) in [6.07, 6.45) is 2.73. The first-order chi connectivity index (χ1) is 8.69. The number of carbonyl (C=O) groups is 2. The SMILES string of the molecule is CCC(CC)NC(=O)CSc1ccc(C=O)cc1. The Morgan fingerprint density at radius 2 is 1.89 bits per heavy atom. The molecule has 18 heavy (non-hydrogen) atoms. The molecule has 4 heteroatoms. The Balaban J connectivity index is 2.39. The topological polar surface area (TPSA) is 46.2 Å². The van der Waals surface area contributed by atoms with Gasteiger partial charge < -0.3 is 5.32 Å². The molecule has 0 bridgehead atoms. The molecule has 1 rings (SSSR count). The Hall–Kier alpha value is -1.29.